The average molecular weight is 425 g/mol. The number of carbonyl (C=O) groups is 1. The smallest absolute Gasteiger partial charge is 0.267 e. The Morgan fingerprint density at radius 2 is 1.81 bits per heavy atom. The van der Waals surface area contributed by atoms with Gasteiger partial charge in [0.2, 0.25) is 0 Å². The van der Waals surface area contributed by atoms with Crippen LogP contribution in [0.25, 0.3) is 16.8 Å². The molecule has 0 unspecified atom stereocenters. The van der Waals surface area contributed by atoms with E-state index >= 15 is 0 Å². The number of aromatic nitrogens is 2. The van der Waals surface area contributed by atoms with Gasteiger partial charge in [-0.25, -0.2) is 10.1 Å². The number of allylic oxidation sites excluding steroid dienone is 1. The first-order chi connectivity index (χ1) is 13.1. The van der Waals surface area contributed by atoms with Gasteiger partial charge in [-0.2, -0.15) is 10.2 Å². The van der Waals surface area contributed by atoms with Crippen molar-refractivity contribution in [3.05, 3.63) is 80.7 Å². The summed E-state index contributed by atoms with van der Waals surface area (Å²) >= 11 is 3.39. The normalized spacial score (nSPS) is 11.9. The van der Waals surface area contributed by atoms with Crippen molar-refractivity contribution in [3.8, 4) is 0 Å². The van der Waals surface area contributed by atoms with E-state index in [1.807, 2.05) is 36.4 Å². The third-order valence-electron chi connectivity index (χ3n) is 3.84. The Balaban J connectivity index is 1.83. The molecule has 0 fully saturated rings. The second-order valence-corrected chi connectivity index (χ2v) is 6.57. The molecule has 0 aliphatic rings. The van der Waals surface area contributed by atoms with E-state index in [9.17, 15) is 9.59 Å². The molecule has 27 heavy (non-hydrogen) atoms. The topological polar surface area (TPSA) is 76.3 Å². The Morgan fingerprint density at radius 1 is 1.15 bits per heavy atom. The summed E-state index contributed by atoms with van der Waals surface area (Å²) in [5.41, 5.74) is 3.40. The highest BCUT2D eigenvalue weighted by atomic mass is 79.9. The fourth-order valence-corrected chi connectivity index (χ4v) is 2.94. The number of nitrogens with one attached hydrogen (secondary N) is 1. The summed E-state index contributed by atoms with van der Waals surface area (Å²) in [4.78, 5) is 24.9. The van der Waals surface area contributed by atoms with E-state index < -0.39 is 5.91 Å². The molecule has 7 heteroatoms. The van der Waals surface area contributed by atoms with E-state index in [1.165, 1.54) is 10.9 Å². The lowest BCUT2D eigenvalue weighted by Crippen LogP contribution is -2.28. The number of amides is 1. The molecule has 0 aliphatic carbocycles. The highest BCUT2D eigenvalue weighted by Gasteiger charge is 2.15. The zero-order chi connectivity index (χ0) is 19.2. The SMILES string of the molecule is CCn1nc(C(=O)N/N=C/C(Br)=C/c2ccccc2)c2ccccc2c1=O. The van der Waals surface area contributed by atoms with Crippen molar-refractivity contribution in [1.29, 1.82) is 0 Å². The number of carbonyl (C=O) groups excluding carboxylic acids is 1. The lowest BCUT2D eigenvalue weighted by Gasteiger charge is -2.08. The Morgan fingerprint density at radius 3 is 2.52 bits per heavy atom. The third kappa shape index (κ3) is 4.38. The van der Waals surface area contributed by atoms with E-state index in [-0.39, 0.29) is 11.3 Å². The molecule has 3 rings (SSSR count). The van der Waals surface area contributed by atoms with Crippen molar-refractivity contribution in [2.75, 3.05) is 0 Å². The van der Waals surface area contributed by atoms with Crippen molar-refractivity contribution in [2.24, 2.45) is 5.10 Å². The van der Waals surface area contributed by atoms with Crippen LogP contribution in [0, 0.1) is 0 Å². The summed E-state index contributed by atoms with van der Waals surface area (Å²) in [7, 11) is 0. The van der Waals surface area contributed by atoms with Gasteiger partial charge in [0, 0.05) is 16.4 Å². The number of hydrogen-bond donors (Lipinski definition) is 1. The molecular weight excluding hydrogens is 408 g/mol. The lowest BCUT2D eigenvalue weighted by atomic mass is 10.1. The van der Waals surface area contributed by atoms with Crippen LogP contribution in [-0.4, -0.2) is 21.9 Å². The molecule has 0 radical (unpaired) electrons. The molecule has 0 saturated carbocycles. The maximum atomic E-state index is 12.5. The van der Waals surface area contributed by atoms with Crippen molar-refractivity contribution in [2.45, 2.75) is 13.5 Å². The molecule has 6 nitrogen and oxygen atoms in total. The predicted octanol–water partition coefficient (Wildman–Crippen LogP) is 3.57. The fourth-order valence-electron chi connectivity index (χ4n) is 2.57. The standard InChI is InChI=1S/C20H17BrN4O2/c1-2-25-20(27)17-11-7-6-10-16(17)18(24-25)19(26)23-22-13-15(21)12-14-8-4-3-5-9-14/h3-13H,2H2,1H3,(H,23,26)/b15-12-,22-13+. The largest absolute Gasteiger partial charge is 0.292 e. The number of hydrogen-bond acceptors (Lipinski definition) is 4. The van der Waals surface area contributed by atoms with Crippen molar-refractivity contribution >= 4 is 44.9 Å². The van der Waals surface area contributed by atoms with Crippen LogP contribution < -0.4 is 11.0 Å². The molecule has 0 aliphatic heterocycles. The first kappa shape index (κ1) is 18.7. The second kappa shape index (κ2) is 8.55. The molecule has 3 aromatic rings. The van der Waals surface area contributed by atoms with Gasteiger partial charge in [-0.3, -0.25) is 9.59 Å². The van der Waals surface area contributed by atoms with Crippen molar-refractivity contribution < 1.29 is 4.79 Å². The molecule has 0 spiro atoms. The average Bonchev–Trinajstić information content (AvgIpc) is 2.69. The zero-order valence-corrected chi connectivity index (χ0v) is 16.2. The second-order valence-electron chi connectivity index (χ2n) is 5.65. The van der Waals surface area contributed by atoms with Crippen LogP contribution >= 0.6 is 15.9 Å². The highest BCUT2D eigenvalue weighted by Crippen LogP contribution is 2.13. The summed E-state index contributed by atoms with van der Waals surface area (Å²) < 4.78 is 1.97. The summed E-state index contributed by atoms with van der Waals surface area (Å²) in [6.45, 7) is 2.17. The summed E-state index contributed by atoms with van der Waals surface area (Å²) in [6.07, 6.45) is 3.36. The Bertz CT molecular complexity index is 1090. The van der Waals surface area contributed by atoms with Crippen LogP contribution in [-0.2, 0) is 6.54 Å². The molecule has 0 bridgehead atoms. The molecule has 1 amide bonds. The minimum Gasteiger partial charge on any atom is -0.267 e. The van der Waals surface area contributed by atoms with E-state index in [0.717, 1.165) is 5.56 Å². The first-order valence-corrected chi connectivity index (χ1v) is 9.15. The molecule has 1 N–H and O–H groups in total. The minimum atomic E-state index is -0.482. The summed E-state index contributed by atoms with van der Waals surface area (Å²) in [5, 5.41) is 9.09. The molecule has 136 valence electrons. The quantitative estimate of drug-likeness (QED) is 0.502. The number of benzene rings is 2. The Labute approximate surface area is 164 Å². The van der Waals surface area contributed by atoms with Gasteiger partial charge in [0.15, 0.2) is 5.69 Å². The zero-order valence-electron chi connectivity index (χ0n) is 14.6. The van der Waals surface area contributed by atoms with E-state index in [2.05, 4.69) is 31.6 Å². The lowest BCUT2D eigenvalue weighted by molar-refractivity contribution is 0.0949. The van der Waals surface area contributed by atoms with Crippen LogP contribution in [0.15, 0.2) is 69.0 Å². The number of fused-ring (bicyclic) bond motifs is 1. The molecule has 1 aromatic heterocycles. The van der Waals surface area contributed by atoms with Crippen LogP contribution in [0.5, 0.6) is 0 Å². The minimum absolute atomic E-state index is 0.160. The highest BCUT2D eigenvalue weighted by molar-refractivity contribution is 9.12. The van der Waals surface area contributed by atoms with E-state index in [4.69, 9.17) is 0 Å². The van der Waals surface area contributed by atoms with Crippen molar-refractivity contribution in [1.82, 2.24) is 15.2 Å². The summed E-state index contributed by atoms with van der Waals surface area (Å²) in [6, 6.07) is 16.6. The number of rotatable bonds is 5. The molecule has 2 aromatic carbocycles. The number of hydrazone groups is 1. The number of halogens is 1. The van der Waals surface area contributed by atoms with Crippen molar-refractivity contribution in [3.63, 3.8) is 0 Å². The van der Waals surface area contributed by atoms with Gasteiger partial charge in [0.25, 0.3) is 11.5 Å². The maximum absolute atomic E-state index is 12.5. The van der Waals surface area contributed by atoms with Gasteiger partial charge in [-0.15, -0.1) is 0 Å². The Hall–Kier alpha value is -3.06. The fraction of sp³-hybridized carbons (Fsp3) is 0.100. The van der Waals surface area contributed by atoms with Gasteiger partial charge in [0.05, 0.1) is 11.6 Å². The Kier molecular flexibility index (Phi) is 5.93. The van der Waals surface area contributed by atoms with E-state index in [1.54, 1.807) is 31.2 Å². The number of aryl methyl sites for hydroxylation is 1. The molecular formula is C20H17BrN4O2. The predicted molar refractivity (Wildman–Crippen MR) is 111 cm³/mol. The molecule has 0 saturated heterocycles. The van der Waals surface area contributed by atoms with Gasteiger partial charge < -0.3 is 0 Å². The van der Waals surface area contributed by atoms with Crippen LogP contribution in [0.3, 0.4) is 0 Å². The van der Waals surface area contributed by atoms with Crippen LogP contribution in [0.1, 0.15) is 23.0 Å². The van der Waals surface area contributed by atoms with Gasteiger partial charge >= 0.3 is 0 Å². The molecule has 1 heterocycles. The molecule has 0 atom stereocenters. The van der Waals surface area contributed by atoms with Gasteiger partial charge in [-0.05, 0) is 40.6 Å². The first-order valence-electron chi connectivity index (χ1n) is 8.35. The third-order valence-corrected chi connectivity index (χ3v) is 4.27. The van der Waals surface area contributed by atoms with Crippen LogP contribution in [0.2, 0.25) is 0 Å². The summed E-state index contributed by atoms with van der Waals surface area (Å²) in [5.74, 6) is -0.482. The van der Waals surface area contributed by atoms with Gasteiger partial charge in [-0.1, -0.05) is 48.5 Å². The van der Waals surface area contributed by atoms with Crippen LogP contribution in [0.4, 0.5) is 0 Å². The van der Waals surface area contributed by atoms with Gasteiger partial charge in [0.1, 0.15) is 0 Å². The monoisotopic (exact) mass is 424 g/mol. The maximum Gasteiger partial charge on any atom is 0.292 e. The number of nitrogens with zero attached hydrogens (tertiary/aromatic N) is 3. The van der Waals surface area contributed by atoms with E-state index in [0.29, 0.717) is 21.8 Å².